The number of rotatable bonds is 2. The number of likely N-dealkylation sites (N-methyl/N-ethyl adjacent to an activating group) is 1. The third-order valence-electron chi connectivity index (χ3n) is 2.83. The van der Waals surface area contributed by atoms with Crippen molar-refractivity contribution in [1.29, 1.82) is 0 Å². The van der Waals surface area contributed by atoms with Crippen LogP contribution in [0, 0.1) is 0 Å². The Morgan fingerprint density at radius 3 is 2.67 bits per heavy atom. The second-order valence-corrected chi connectivity index (χ2v) is 3.84. The molecule has 0 unspecified atom stereocenters. The molecule has 0 atom stereocenters. The lowest BCUT2D eigenvalue weighted by Gasteiger charge is -2.34. The Labute approximate surface area is 90.5 Å². The topological polar surface area (TPSA) is 28.6 Å². The highest BCUT2D eigenvalue weighted by molar-refractivity contribution is 5.56. The van der Waals surface area contributed by atoms with Gasteiger partial charge < -0.3 is 14.5 Å². The molecule has 0 bridgehead atoms. The van der Waals surface area contributed by atoms with Crippen LogP contribution >= 0.6 is 0 Å². The maximum Gasteiger partial charge on any atom is 0.145 e. The first kappa shape index (κ1) is 10.2. The summed E-state index contributed by atoms with van der Waals surface area (Å²) < 4.78 is 5.33. The molecule has 82 valence electrons. The summed E-state index contributed by atoms with van der Waals surface area (Å²) in [5, 5.41) is 0. The average molecular weight is 207 g/mol. The molecule has 1 aliphatic heterocycles. The minimum absolute atomic E-state index is 0.912. The van der Waals surface area contributed by atoms with Gasteiger partial charge in [0.1, 0.15) is 5.75 Å². The van der Waals surface area contributed by atoms with Crippen molar-refractivity contribution in [2.45, 2.75) is 0 Å². The first-order valence-electron chi connectivity index (χ1n) is 5.23. The van der Waals surface area contributed by atoms with Crippen LogP contribution in [0.2, 0.25) is 0 Å². The molecule has 1 aromatic rings. The Balaban J connectivity index is 2.15. The number of piperazine rings is 1. The number of nitrogens with zero attached hydrogens (tertiary/aromatic N) is 3. The van der Waals surface area contributed by atoms with E-state index in [0.29, 0.717) is 0 Å². The van der Waals surface area contributed by atoms with Gasteiger partial charge in [-0.1, -0.05) is 0 Å². The first-order chi connectivity index (χ1) is 7.31. The van der Waals surface area contributed by atoms with Crippen molar-refractivity contribution in [3.63, 3.8) is 0 Å². The maximum atomic E-state index is 5.33. The molecule has 15 heavy (non-hydrogen) atoms. The van der Waals surface area contributed by atoms with Gasteiger partial charge in [-0.25, -0.2) is 0 Å². The molecule has 0 radical (unpaired) electrons. The van der Waals surface area contributed by atoms with E-state index in [1.165, 1.54) is 0 Å². The van der Waals surface area contributed by atoms with Crippen molar-refractivity contribution in [3.05, 3.63) is 18.5 Å². The molecule has 0 aromatic carbocycles. The highest BCUT2D eigenvalue weighted by Gasteiger charge is 2.17. The summed E-state index contributed by atoms with van der Waals surface area (Å²) in [5.41, 5.74) is 1.10. The first-order valence-corrected chi connectivity index (χ1v) is 5.23. The van der Waals surface area contributed by atoms with Gasteiger partial charge in [-0.05, 0) is 7.05 Å². The quantitative estimate of drug-likeness (QED) is 0.718. The molecule has 0 saturated carbocycles. The van der Waals surface area contributed by atoms with E-state index in [1.807, 2.05) is 12.3 Å². The molecule has 2 rings (SSSR count). The van der Waals surface area contributed by atoms with E-state index in [4.69, 9.17) is 4.74 Å². The van der Waals surface area contributed by atoms with E-state index in [1.54, 1.807) is 13.3 Å². The average Bonchev–Trinajstić information content (AvgIpc) is 2.30. The van der Waals surface area contributed by atoms with Gasteiger partial charge >= 0.3 is 0 Å². The Hall–Kier alpha value is -1.29. The molecule has 0 amide bonds. The number of methoxy groups -OCH3 is 1. The van der Waals surface area contributed by atoms with Gasteiger partial charge in [0.05, 0.1) is 19.0 Å². The zero-order valence-electron chi connectivity index (χ0n) is 9.31. The Bertz CT molecular complexity index is 321. The van der Waals surface area contributed by atoms with Crippen LogP contribution in [0.1, 0.15) is 0 Å². The van der Waals surface area contributed by atoms with Gasteiger partial charge in [0.25, 0.3) is 0 Å². The van der Waals surface area contributed by atoms with E-state index < -0.39 is 0 Å². The Morgan fingerprint density at radius 1 is 1.27 bits per heavy atom. The molecular weight excluding hydrogens is 190 g/mol. The summed E-state index contributed by atoms with van der Waals surface area (Å²) in [6.07, 6.45) is 3.64. The molecule has 1 aliphatic rings. The molecular formula is C11H17N3O. The zero-order chi connectivity index (χ0) is 10.7. The highest BCUT2D eigenvalue weighted by Crippen LogP contribution is 2.26. The van der Waals surface area contributed by atoms with Crippen molar-refractivity contribution < 1.29 is 4.74 Å². The normalized spacial score (nSPS) is 17.9. The lowest BCUT2D eigenvalue weighted by Crippen LogP contribution is -2.44. The lowest BCUT2D eigenvalue weighted by atomic mass is 10.2. The fourth-order valence-electron chi connectivity index (χ4n) is 1.83. The van der Waals surface area contributed by atoms with Crippen LogP contribution in [0.25, 0.3) is 0 Å². The van der Waals surface area contributed by atoms with Crippen molar-refractivity contribution in [1.82, 2.24) is 9.88 Å². The summed E-state index contributed by atoms with van der Waals surface area (Å²) in [4.78, 5) is 8.81. The number of anilines is 1. The highest BCUT2D eigenvalue weighted by atomic mass is 16.5. The summed E-state index contributed by atoms with van der Waals surface area (Å²) in [6, 6.07) is 1.91. The van der Waals surface area contributed by atoms with Gasteiger partial charge in [-0.15, -0.1) is 0 Å². The molecule has 4 heteroatoms. The van der Waals surface area contributed by atoms with Crippen LogP contribution in [0.15, 0.2) is 18.5 Å². The van der Waals surface area contributed by atoms with Crippen LogP contribution in [0.4, 0.5) is 5.69 Å². The molecule has 1 fully saturated rings. The van der Waals surface area contributed by atoms with Crippen molar-refractivity contribution >= 4 is 5.69 Å². The third-order valence-corrected chi connectivity index (χ3v) is 2.83. The van der Waals surface area contributed by atoms with Crippen molar-refractivity contribution in [2.24, 2.45) is 0 Å². The van der Waals surface area contributed by atoms with E-state index in [2.05, 4.69) is 21.8 Å². The molecule has 0 spiro atoms. The van der Waals surface area contributed by atoms with Crippen LogP contribution in [0.3, 0.4) is 0 Å². The molecule has 1 aromatic heterocycles. The van der Waals surface area contributed by atoms with Gasteiger partial charge in [0, 0.05) is 38.4 Å². The van der Waals surface area contributed by atoms with Gasteiger partial charge in [-0.2, -0.15) is 0 Å². The monoisotopic (exact) mass is 207 g/mol. The van der Waals surface area contributed by atoms with Crippen molar-refractivity contribution in [3.8, 4) is 5.75 Å². The maximum absolute atomic E-state index is 5.33. The van der Waals surface area contributed by atoms with E-state index in [-0.39, 0.29) is 0 Å². The molecule has 2 heterocycles. The van der Waals surface area contributed by atoms with Gasteiger partial charge in [0.2, 0.25) is 0 Å². The van der Waals surface area contributed by atoms with E-state index in [9.17, 15) is 0 Å². The second kappa shape index (κ2) is 4.49. The third kappa shape index (κ3) is 2.21. The summed E-state index contributed by atoms with van der Waals surface area (Å²) in [7, 11) is 3.85. The SMILES string of the molecule is COc1ccncc1N1CCN(C)CC1. The largest absolute Gasteiger partial charge is 0.494 e. The van der Waals surface area contributed by atoms with Gasteiger partial charge in [-0.3, -0.25) is 4.98 Å². The minimum Gasteiger partial charge on any atom is -0.494 e. The van der Waals surface area contributed by atoms with Crippen LogP contribution in [-0.4, -0.2) is 50.2 Å². The fourth-order valence-corrected chi connectivity index (χ4v) is 1.83. The van der Waals surface area contributed by atoms with Crippen molar-refractivity contribution in [2.75, 3.05) is 45.2 Å². The predicted molar refractivity (Wildman–Crippen MR) is 60.5 cm³/mol. The van der Waals surface area contributed by atoms with Crippen LogP contribution < -0.4 is 9.64 Å². The lowest BCUT2D eigenvalue weighted by molar-refractivity contribution is 0.311. The molecule has 0 aliphatic carbocycles. The van der Waals surface area contributed by atoms with Gasteiger partial charge in [0.15, 0.2) is 0 Å². The van der Waals surface area contributed by atoms with E-state index >= 15 is 0 Å². The number of ether oxygens (including phenoxy) is 1. The molecule has 0 N–H and O–H groups in total. The second-order valence-electron chi connectivity index (χ2n) is 3.84. The molecule has 4 nitrogen and oxygen atoms in total. The number of hydrogen-bond donors (Lipinski definition) is 0. The van der Waals surface area contributed by atoms with E-state index in [0.717, 1.165) is 37.6 Å². The standard InChI is InChI=1S/C11H17N3O/c1-13-5-7-14(8-6-13)10-9-12-4-3-11(10)15-2/h3-4,9H,5-8H2,1-2H3. The number of pyridine rings is 1. The summed E-state index contributed by atoms with van der Waals surface area (Å²) in [5.74, 6) is 0.912. The summed E-state index contributed by atoms with van der Waals surface area (Å²) >= 11 is 0. The summed E-state index contributed by atoms with van der Waals surface area (Å²) in [6.45, 7) is 4.27. The minimum atomic E-state index is 0.912. The zero-order valence-corrected chi connectivity index (χ0v) is 9.31. The molecule has 1 saturated heterocycles. The van der Waals surface area contributed by atoms with Crippen LogP contribution in [-0.2, 0) is 0 Å². The Kier molecular flexibility index (Phi) is 3.06. The number of aromatic nitrogens is 1. The smallest absolute Gasteiger partial charge is 0.145 e. The predicted octanol–water partition coefficient (Wildman–Crippen LogP) is 0.842. The van der Waals surface area contributed by atoms with Crippen LogP contribution in [0.5, 0.6) is 5.75 Å². The number of hydrogen-bond acceptors (Lipinski definition) is 4. The Morgan fingerprint density at radius 2 is 2.00 bits per heavy atom. The fraction of sp³-hybridized carbons (Fsp3) is 0.545.